The Balaban J connectivity index is 1.46. The Morgan fingerprint density at radius 2 is 1.93 bits per heavy atom. The van der Waals surface area contributed by atoms with Crippen molar-refractivity contribution in [1.82, 2.24) is 5.16 Å². The van der Waals surface area contributed by atoms with E-state index in [2.05, 4.69) is 15.8 Å². The van der Waals surface area contributed by atoms with Crippen molar-refractivity contribution in [2.45, 2.75) is 25.7 Å². The third kappa shape index (κ3) is 3.21. The van der Waals surface area contributed by atoms with Gasteiger partial charge in [0.15, 0.2) is 5.76 Å². The molecule has 2 aromatic carbocycles. The minimum absolute atomic E-state index is 0.0444. The molecule has 0 atom stereocenters. The van der Waals surface area contributed by atoms with Crippen LogP contribution in [-0.2, 0) is 21.4 Å². The van der Waals surface area contributed by atoms with Crippen molar-refractivity contribution < 1.29 is 14.1 Å². The number of nitrogens with zero attached hydrogens (tertiary/aromatic N) is 1. The quantitative estimate of drug-likeness (QED) is 0.741. The van der Waals surface area contributed by atoms with Crippen molar-refractivity contribution in [3.8, 4) is 11.3 Å². The Kier molecular flexibility index (Phi) is 4.03. The Morgan fingerprint density at radius 3 is 2.70 bits per heavy atom. The molecule has 0 bridgehead atoms. The highest BCUT2D eigenvalue weighted by atomic mass is 16.5. The predicted molar refractivity (Wildman–Crippen MR) is 102 cm³/mol. The highest BCUT2D eigenvalue weighted by Gasteiger charge is 2.38. The summed E-state index contributed by atoms with van der Waals surface area (Å²) < 4.78 is 5.33. The first kappa shape index (κ1) is 17.0. The second-order valence-electron chi connectivity index (χ2n) is 7.11. The van der Waals surface area contributed by atoms with Crippen LogP contribution >= 0.6 is 0 Å². The van der Waals surface area contributed by atoms with Gasteiger partial charge in [0.25, 0.3) is 0 Å². The molecular formula is C21H19N3O3. The largest absolute Gasteiger partial charge is 0.356 e. The van der Waals surface area contributed by atoms with Crippen LogP contribution < -0.4 is 10.6 Å². The molecule has 0 fully saturated rings. The van der Waals surface area contributed by atoms with Gasteiger partial charge in [-0.05, 0) is 37.6 Å². The number of amides is 2. The van der Waals surface area contributed by atoms with E-state index in [1.54, 1.807) is 18.2 Å². The zero-order chi connectivity index (χ0) is 19.0. The molecule has 1 aliphatic heterocycles. The number of anilines is 2. The van der Waals surface area contributed by atoms with Gasteiger partial charge in [-0.15, -0.1) is 0 Å². The second kappa shape index (κ2) is 6.39. The molecule has 6 heteroatoms. The Hall–Kier alpha value is -3.41. The van der Waals surface area contributed by atoms with Gasteiger partial charge in [-0.3, -0.25) is 9.59 Å². The third-order valence-corrected chi connectivity index (χ3v) is 4.75. The smallest absolute Gasteiger partial charge is 0.234 e. The molecule has 0 spiro atoms. The Morgan fingerprint density at radius 1 is 1.15 bits per heavy atom. The maximum atomic E-state index is 12.4. The maximum Gasteiger partial charge on any atom is 0.234 e. The second-order valence-corrected chi connectivity index (χ2v) is 7.11. The van der Waals surface area contributed by atoms with Crippen molar-refractivity contribution in [2.75, 3.05) is 10.6 Å². The SMILES string of the molecule is CC1(C)C(=O)Nc2ccc(NC(=O)Cc3cc(-c4ccccc4)on3)cc21. The average Bonchev–Trinajstić information content (AvgIpc) is 3.19. The molecule has 4 rings (SSSR count). The average molecular weight is 361 g/mol. The van der Waals surface area contributed by atoms with E-state index < -0.39 is 5.41 Å². The van der Waals surface area contributed by atoms with Crippen LogP contribution in [0.2, 0.25) is 0 Å². The van der Waals surface area contributed by atoms with E-state index in [-0.39, 0.29) is 18.2 Å². The number of hydrogen-bond acceptors (Lipinski definition) is 4. The van der Waals surface area contributed by atoms with Gasteiger partial charge in [-0.1, -0.05) is 35.5 Å². The van der Waals surface area contributed by atoms with Crippen LogP contribution in [-0.4, -0.2) is 17.0 Å². The van der Waals surface area contributed by atoms with Crippen LogP contribution in [0.5, 0.6) is 0 Å². The maximum absolute atomic E-state index is 12.4. The number of fused-ring (bicyclic) bond motifs is 1. The standard InChI is InChI=1S/C21H19N3O3/c1-21(2)16-10-14(8-9-17(16)23-20(21)26)22-19(25)12-15-11-18(27-24-15)13-6-4-3-5-7-13/h3-11H,12H2,1-2H3,(H,22,25)(H,23,26). The molecule has 0 aliphatic carbocycles. The number of carbonyl (C=O) groups excluding carboxylic acids is 2. The molecule has 1 aliphatic rings. The molecule has 2 heterocycles. The fourth-order valence-electron chi connectivity index (χ4n) is 3.15. The first-order valence-corrected chi connectivity index (χ1v) is 8.70. The van der Waals surface area contributed by atoms with Gasteiger partial charge in [-0.2, -0.15) is 0 Å². The number of hydrogen-bond donors (Lipinski definition) is 2. The summed E-state index contributed by atoms with van der Waals surface area (Å²) in [5, 5.41) is 9.69. The summed E-state index contributed by atoms with van der Waals surface area (Å²) in [6, 6.07) is 16.8. The summed E-state index contributed by atoms with van der Waals surface area (Å²) >= 11 is 0. The number of carbonyl (C=O) groups is 2. The highest BCUT2D eigenvalue weighted by Crippen LogP contribution is 2.38. The van der Waals surface area contributed by atoms with Crippen molar-refractivity contribution in [2.24, 2.45) is 0 Å². The molecular weight excluding hydrogens is 342 g/mol. The topological polar surface area (TPSA) is 84.2 Å². The van der Waals surface area contributed by atoms with Gasteiger partial charge in [0, 0.05) is 23.0 Å². The number of aromatic nitrogens is 1. The summed E-state index contributed by atoms with van der Waals surface area (Å²) in [5.41, 5.74) is 3.16. The van der Waals surface area contributed by atoms with Crippen molar-refractivity contribution in [1.29, 1.82) is 0 Å². The summed E-state index contributed by atoms with van der Waals surface area (Å²) in [5.74, 6) is 0.386. The number of nitrogens with one attached hydrogen (secondary N) is 2. The fraction of sp³-hybridized carbons (Fsp3) is 0.190. The minimum Gasteiger partial charge on any atom is -0.356 e. The van der Waals surface area contributed by atoms with Gasteiger partial charge < -0.3 is 15.2 Å². The summed E-state index contributed by atoms with van der Waals surface area (Å²) in [6.45, 7) is 3.72. The summed E-state index contributed by atoms with van der Waals surface area (Å²) in [7, 11) is 0. The highest BCUT2D eigenvalue weighted by molar-refractivity contribution is 6.06. The first-order valence-electron chi connectivity index (χ1n) is 8.70. The molecule has 1 aromatic heterocycles. The van der Waals surface area contributed by atoms with Crippen LogP contribution in [0, 0.1) is 0 Å². The lowest BCUT2D eigenvalue weighted by atomic mass is 9.86. The number of rotatable bonds is 4. The molecule has 6 nitrogen and oxygen atoms in total. The van der Waals surface area contributed by atoms with E-state index in [1.807, 2.05) is 50.2 Å². The summed E-state index contributed by atoms with van der Waals surface area (Å²) in [4.78, 5) is 24.4. The van der Waals surface area contributed by atoms with Crippen LogP contribution in [0.3, 0.4) is 0 Å². The lowest BCUT2D eigenvalue weighted by Gasteiger charge is -2.16. The van der Waals surface area contributed by atoms with E-state index in [0.717, 1.165) is 16.8 Å². The number of benzene rings is 2. The van der Waals surface area contributed by atoms with Gasteiger partial charge in [0.2, 0.25) is 11.8 Å². The molecule has 3 aromatic rings. The molecule has 136 valence electrons. The Bertz CT molecular complexity index is 1020. The lowest BCUT2D eigenvalue weighted by Crippen LogP contribution is -2.27. The van der Waals surface area contributed by atoms with Gasteiger partial charge in [-0.25, -0.2) is 0 Å². The molecule has 0 saturated heterocycles. The van der Waals surface area contributed by atoms with E-state index >= 15 is 0 Å². The van der Waals surface area contributed by atoms with E-state index in [9.17, 15) is 9.59 Å². The van der Waals surface area contributed by atoms with Crippen molar-refractivity contribution in [3.05, 3.63) is 65.9 Å². The van der Waals surface area contributed by atoms with Crippen LogP contribution in [0.4, 0.5) is 11.4 Å². The molecule has 0 radical (unpaired) electrons. The van der Waals surface area contributed by atoms with Crippen molar-refractivity contribution in [3.63, 3.8) is 0 Å². The van der Waals surface area contributed by atoms with Gasteiger partial charge in [0.1, 0.15) is 0 Å². The molecule has 27 heavy (non-hydrogen) atoms. The zero-order valence-electron chi connectivity index (χ0n) is 15.1. The third-order valence-electron chi connectivity index (χ3n) is 4.75. The zero-order valence-corrected chi connectivity index (χ0v) is 15.1. The van der Waals surface area contributed by atoms with E-state index in [0.29, 0.717) is 17.1 Å². The fourth-order valence-corrected chi connectivity index (χ4v) is 3.15. The molecule has 2 amide bonds. The molecule has 2 N–H and O–H groups in total. The Labute approximate surface area is 156 Å². The van der Waals surface area contributed by atoms with E-state index in [4.69, 9.17) is 4.52 Å². The van der Waals surface area contributed by atoms with Gasteiger partial charge in [0.05, 0.1) is 17.5 Å². The minimum atomic E-state index is -0.618. The van der Waals surface area contributed by atoms with Crippen LogP contribution in [0.15, 0.2) is 59.1 Å². The van der Waals surface area contributed by atoms with Crippen LogP contribution in [0.25, 0.3) is 11.3 Å². The predicted octanol–water partition coefficient (Wildman–Crippen LogP) is 3.75. The van der Waals surface area contributed by atoms with Gasteiger partial charge >= 0.3 is 0 Å². The lowest BCUT2D eigenvalue weighted by molar-refractivity contribution is -0.119. The summed E-state index contributed by atoms with van der Waals surface area (Å²) in [6.07, 6.45) is 0.105. The normalized spacial score (nSPS) is 14.5. The van der Waals surface area contributed by atoms with Crippen molar-refractivity contribution >= 4 is 23.2 Å². The molecule has 0 unspecified atom stereocenters. The monoisotopic (exact) mass is 361 g/mol. The molecule has 0 saturated carbocycles. The first-order chi connectivity index (χ1) is 12.9. The van der Waals surface area contributed by atoms with Crippen LogP contribution in [0.1, 0.15) is 25.1 Å². The van der Waals surface area contributed by atoms with E-state index in [1.165, 1.54) is 0 Å².